The molecule has 0 saturated carbocycles. The fourth-order valence-corrected chi connectivity index (χ4v) is 1.63. The van der Waals surface area contributed by atoms with Crippen molar-refractivity contribution in [3.63, 3.8) is 0 Å². The van der Waals surface area contributed by atoms with Crippen LogP contribution in [-0.4, -0.2) is 37.3 Å². The number of hydrogen-bond donors (Lipinski definition) is 2. The van der Waals surface area contributed by atoms with Crippen LogP contribution >= 0.6 is 0 Å². The summed E-state index contributed by atoms with van der Waals surface area (Å²) in [5.74, 6) is 2.98. The monoisotopic (exact) mass is 252 g/mol. The summed E-state index contributed by atoms with van der Waals surface area (Å²) in [5, 5.41) is 6.46. The van der Waals surface area contributed by atoms with Gasteiger partial charge < -0.3 is 15.4 Å². The van der Waals surface area contributed by atoms with Crippen molar-refractivity contribution in [2.75, 3.05) is 37.9 Å². The Morgan fingerprint density at radius 1 is 1.22 bits per heavy atom. The van der Waals surface area contributed by atoms with Gasteiger partial charge in [-0.15, -0.1) is 0 Å². The van der Waals surface area contributed by atoms with Gasteiger partial charge in [0.25, 0.3) is 0 Å². The average Bonchev–Trinajstić information content (AvgIpc) is 2.36. The highest BCUT2D eigenvalue weighted by atomic mass is 16.5. The lowest BCUT2D eigenvalue weighted by molar-refractivity contribution is 0.197. The van der Waals surface area contributed by atoms with E-state index in [1.54, 1.807) is 7.11 Å². The number of rotatable bonds is 7. The van der Waals surface area contributed by atoms with E-state index in [-0.39, 0.29) is 0 Å². The molecule has 5 nitrogen and oxygen atoms in total. The lowest BCUT2D eigenvalue weighted by Crippen LogP contribution is -2.12. The Morgan fingerprint density at radius 3 is 2.44 bits per heavy atom. The number of ether oxygens (including phenoxy) is 1. The Kier molecular flexibility index (Phi) is 5.85. The lowest BCUT2D eigenvalue weighted by atomic mass is 10.2. The van der Waals surface area contributed by atoms with Crippen molar-refractivity contribution in [3.8, 4) is 0 Å². The molecule has 1 rings (SSSR count). The Labute approximate surface area is 109 Å². The second-order valence-electron chi connectivity index (χ2n) is 4.58. The molecular formula is C13H24N4O. The molecule has 2 N–H and O–H groups in total. The Balaban J connectivity index is 2.84. The van der Waals surface area contributed by atoms with Crippen LogP contribution in [0.5, 0.6) is 0 Å². The topological polar surface area (TPSA) is 59.1 Å². The zero-order chi connectivity index (χ0) is 13.5. The first-order valence-electron chi connectivity index (χ1n) is 6.39. The summed E-state index contributed by atoms with van der Waals surface area (Å²) in [7, 11) is 3.60. The van der Waals surface area contributed by atoms with Crippen LogP contribution in [0.2, 0.25) is 0 Å². The Hall–Kier alpha value is -1.36. The summed E-state index contributed by atoms with van der Waals surface area (Å²) >= 11 is 0. The fourth-order valence-electron chi connectivity index (χ4n) is 1.63. The van der Waals surface area contributed by atoms with Crippen LogP contribution in [-0.2, 0) is 4.74 Å². The van der Waals surface area contributed by atoms with Gasteiger partial charge in [-0.1, -0.05) is 13.8 Å². The van der Waals surface area contributed by atoms with Gasteiger partial charge in [0.1, 0.15) is 17.5 Å². The maximum atomic E-state index is 5.03. The molecule has 5 heteroatoms. The van der Waals surface area contributed by atoms with Crippen LogP contribution < -0.4 is 10.6 Å². The van der Waals surface area contributed by atoms with Gasteiger partial charge in [-0.2, -0.15) is 0 Å². The van der Waals surface area contributed by atoms with E-state index in [0.717, 1.165) is 42.6 Å². The van der Waals surface area contributed by atoms with Gasteiger partial charge in [0.15, 0.2) is 0 Å². The van der Waals surface area contributed by atoms with Gasteiger partial charge in [0, 0.05) is 38.8 Å². The van der Waals surface area contributed by atoms with E-state index in [1.165, 1.54) is 0 Å². The lowest BCUT2D eigenvalue weighted by Gasteiger charge is -2.15. The summed E-state index contributed by atoms with van der Waals surface area (Å²) in [6, 6.07) is 0. The molecule has 0 aliphatic rings. The van der Waals surface area contributed by atoms with Gasteiger partial charge in [-0.3, -0.25) is 0 Å². The molecule has 0 bridgehead atoms. The van der Waals surface area contributed by atoms with Crippen molar-refractivity contribution in [2.24, 2.45) is 0 Å². The van der Waals surface area contributed by atoms with Crippen LogP contribution in [0.15, 0.2) is 0 Å². The predicted octanol–water partition coefficient (Wildman–Crippen LogP) is 2.40. The standard InChI is InChI=1S/C13H24N4O/c1-9(2)11-16-12(14-4)10(3)13(17-11)15-7-6-8-18-5/h9H,6-8H2,1-5H3,(H2,14,15,16,17). The minimum absolute atomic E-state index is 0.317. The maximum absolute atomic E-state index is 5.03. The predicted molar refractivity (Wildman–Crippen MR) is 75.4 cm³/mol. The molecule has 0 radical (unpaired) electrons. The summed E-state index contributed by atoms with van der Waals surface area (Å²) < 4.78 is 5.03. The molecule has 0 unspecified atom stereocenters. The summed E-state index contributed by atoms with van der Waals surface area (Å²) in [6.07, 6.45) is 0.964. The first-order chi connectivity index (χ1) is 8.60. The van der Waals surface area contributed by atoms with E-state index < -0.39 is 0 Å². The molecule has 0 atom stereocenters. The Bertz CT molecular complexity index is 379. The van der Waals surface area contributed by atoms with Gasteiger partial charge in [-0.05, 0) is 13.3 Å². The number of aromatic nitrogens is 2. The first-order valence-corrected chi connectivity index (χ1v) is 6.39. The fraction of sp³-hybridized carbons (Fsp3) is 0.692. The molecular weight excluding hydrogens is 228 g/mol. The summed E-state index contributed by atoms with van der Waals surface area (Å²) in [5.41, 5.74) is 1.05. The summed E-state index contributed by atoms with van der Waals surface area (Å²) in [4.78, 5) is 9.08. The molecule has 0 fully saturated rings. The molecule has 1 aromatic heterocycles. The second kappa shape index (κ2) is 7.16. The van der Waals surface area contributed by atoms with Crippen molar-refractivity contribution in [1.29, 1.82) is 0 Å². The number of nitrogens with one attached hydrogen (secondary N) is 2. The minimum atomic E-state index is 0.317. The van der Waals surface area contributed by atoms with Gasteiger partial charge in [-0.25, -0.2) is 9.97 Å². The first kappa shape index (κ1) is 14.7. The maximum Gasteiger partial charge on any atom is 0.135 e. The van der Waals surface area contributed by atoms with Crippen LogP contribution in [0.3, 0.4) is 0 Å². The largest absolute Gasteiger partial charge is 0.385 e. The smallest absolute Gasteiger partial charge is 0.135 e. The average molecular weight is 252 g/mol. The molecule has 0 aliphatic carbocycles. The molecule has 1 aromatic rings. The van der Waals surface area contributed by atoms with Crippen LogP contribution in [0.25, 0.3) is 0 Å². The van der Waals surface area contributed by atoms with Crippen molar-refractivity contribution in [2.45, 2.75) is 33.1 Å². The van der Waals surface area contributed by atoms with Crippen molar-refractivity contribution >= 4 is 11.6 Å². The highest BCUT2D eigenvalue weighted by molar-refractivity contribution is 5.57. The number of methoxy groups -OCH3 is 1. The van der Waals surface area contributed by atoms with E-state index in [9.17, 15) is 0 Å². The summed E-state index contributed by atoms with van der Waals surface area (Å²) in [6.45, 7) is 7.83. The second-order valence-corrected chi connectivity index (χ2v) is 4.58. The minimum Gasteiger partial charge on any atom is -0.385 e. The van der Waals surface area contributed by atoms with Gasteiger partial charge >= 0.3 is 0 Å². The van der Waals surface area contributed by atoms with E-state index in [4.69, 9.17) is 4.74 Å². The molecule has 0 saturated heterocycles. The third-order valence-corrected chi connectivity index (χ3v) is 2.73. The van der Waals surface area contributed by atoms with Gasteiger partial charge in [0.2, 0.25) is 0 Å². The molecule has 0 spiro atoms. The number of nitrogens with zero attached hydrogens (tertiary/aromatic N) is 2. The van der Waals surface area contributed by atoms with Crippen LogP contribution in [0.4, 0.5) is 11.6 Å². The normalized spacial score (nSPS) is 10.8. The molecule has 0 amide bonds. The van der Waals surface area contributed by atoms with Crippen molar-refractivity contribution < 1.29 is 4.74 Å². The van der Waals surface area contributed by atoms with Crippen molar-refractivity contribution in [3.05, 3.63) is 11.4 Å². The Morgan fingerprint density at radius 2 is 1.89 bits per heavy atom. The third kappa shape index (κ3) is 3.84. The molecule has 102 valence electrons. The van der Waals surface area contributed by atoms with E-state index >= 15 is 0 Å². The van der Waals surface area contributed by atoms with E-state index in [0.29, 0.717) is 5.92 Å². The zero-order valence-electron chi connectivity index (χ0n) is 12.0. The highest BCUT2D eigenvalue weighted by Crippen LogP contribution is 2.22. The quantitative estimate of drug-likeness (QED) is 0.730. The molecule has 0 aromatic carbocycles. The van der Waals surface area contributed by atoms with Crippen molar-refractivity contribution in [1.82, 2.24) is 9.97 Å². The number of hydrogen-bond acceptors (Lipinski definition) is 5. The van der Waals surface area contributed by atoms with Crippen LogP contribution in [0, 0.1) is 6.92 Å². The van der Waals surface area contributed by atoms with Crippen LogP contribution in [0.1, 0.15) is 37.6 Å². The van der Waals surface area contributed by atoms with Gasteiger partial charge in [0.05, 0.1) is 0 Å². The zero-order valence-corrected chi connectivity index (χ0v) is 12.0. The van der Waals surface area contributed by atoms with E-state index in [1.807, 2.05) is 14.0 Å². The molecule has 0 aliphatic heterocycles. The number of anilines is 2. The SMILES string of the molecule is CNc1nc(C(C)C)nc(NCCCOC)c1C. The molecule has 1 heterocycles. The van der Waals surface area contributed by atoms with E-state index in [2.05, 4.69) is 34.4 Å². The third-order valence-electron chi connectivity index (χ3n) is 2.73. The molecule has 18 heavy (non-hydrogen) atoms. The highest BCUT2D eigenvalue weighted by Gasteiger charge is 2.11.